The number of rotatable bonds is 5. The summed E-state index contributed by atoms with van der Waals surface area (Å²) in [5, 5.41) is 7.74. The molecule has 0 spiro atoms. The van der Waals surface area contributed by atoms with Gasteiger partial charge in [-0.2, -0.15) is 13.1 Å². The Balaban J connectivity index is 3.49. The Labute approximate surface area is 60.2 Å². The van der Waals surface area contributed by atoms with Crippen LogP contribution in [0.3, 0.4) is 0 Å². The van der Waals surface area contributed by atoms with Gasteiger partial charge in [-0.3, -0.25) is 0 Å². The lowest BCUT2D eigenvalue weighted by Gasteiger charge is -1.99. The Kier molecular flexibility index (Phi) is 4.54. The van der Waals surface area contributed by atoms with Gasteiger partial charge in [0.1, 0.15) is 0 Å². The summed E-state index contributed by atoms with van der Waals surface area (Å²) >= 11 is 0. The van der Waals surface area contributed by atoms with Crippen LogP contribution in [0.15, 0.2) is 0 Å². The molecule has 0 fully saturated rings. The van der Waals surface area contributed by atoms with E-state index in [9.17, 15) is 8.42 Å². The molecule has 0 aromatic rings. The van der Waals surface area contributed by atoms with E-state index in [4.69, 9.17) is 5.26 Å². The van der Waals surface area contributed by atoms with Crippen molar-refractivity contribution in [3.63, 3.8) is 0 Å². The van der Waals surface area contributed by atoms with E-state index in [0.717, 1.165) is 12.8 Å². The van der Waals surface area contributed by atoms with Gasteiger partial charge in [0.15, 0.2) is 0 Å². The van der Waals surface area contributed by atoms with E-state index >= 15 is 0 Å². The zero-order valence-electron chi connectivity index (χ0n) is 5.70. The summed E-state index contributed by atoms with van der Waals surface area (Å²) in [5.74, 6) is 0. The fourth-order valence-electron chi connectivity index (χ4n) is 0.400. The van der Waals surface area contributed by atoms with E-state index in [2.05, 4.69) is 4.33 Å². The van der Waals surface area contributed by atoms with Gasteiger partial charge in [0.25, 0.3) is 0 Å². The summed E-state index contributed by atoms with van der Waals surface area (Å²) < 4.78 is 25.7. The Hall–Kier alpha value is -0.170. The molecular weight excluding hydrogens is 158 g/mol. The number of hydrogen-bond acceptors (Lipinski definition) is 4. The number of unbranched alkanes of at least 4 members (excludes halogenated alkanes) is 1. The molecule has 62 valence electrons. The number of hydrogen-bond donors (Lipinski definition) is 2. The molecule has 0 heterocycles. The highest BCUT2D eigenvalue weighted by molar-refractivity contribution is 7.84. The first kappa shape index (κ1) is 9.83. The lowest BCUT2D eigenvalue weighted by Crippen LogP contribution is -2.25. The zero-order valence-corrected chi connectivity index (χ0v) is 6.52. The molecule has 5 nitrogen and oxygen atoms in total. The average molecular weight is 169 g/mol. The molecule has 0 aromatic carbocycles. The monoisotopic (exact) mass is 169 g/mol. The quantitative estimate of drug-likeness (QED) is 0.348. The first-order valence-corrected chi connectivity index (χ1v) is 4.36. The van der Waals surface area contributed by atoms with Crippen LogP contribution in [-0.4, -0.2) is 20.2 Å². The zero-order chi connectivity index (χ0) is 8.04. The van der Waals surface area contributed by atoms with Crippen molar-refractivity contribution in [2.75, 3.05) is 6.54 Å². The normalized spacial score (nSPS) is 11.8. The Morgan fingerprint density at radius 3 is 2.60 bits per heavy atom. The Bertz CT molecular complexity index is 164. The predicted molar refractivity (Wildman–Crippen MR) is 35.5 cm³/mol. The molecule has 0 aliphatic rings. The largest absolute Gasteiger partial charge is 0.362 e. The van der Waals surface area contributed by atoms with Crippen LogP contribution >= 0.6 is 0 Å². The van der Waals surface area contributed by atoms with Crippen molar-refractivity contribution in [2.24, 2.45) is 0 Å². The molecule has 0 rings (SSSR count). The van der Waals surface area contributed by atoms with Gasteiger partial charge in [-0.15, -0.1) is 0 Å². The summed E-state index contributed by atoms with van der Waals surface area (Å²) in [5.41, 5.74) is 0. The molecule has 0 saturated heterocycles. The van der Waals surface area contributed by atoms with Gasteiger partial charge in [0.2, 0.25) is 0 Å². The molecule has 2 N–H and O–H groups in total. The van der Waals surface area contributed by atoms with Crippen molar-refractivity contribution in [1.82, 2.24) is 4.72 Å². The molecule has 0 atom stereocenters. The van der Waals surface area contributed by atoms with E-state index in [0.29, 0.717) is 6.54 Å². The molecule has 0 bridgehead atoms. The van der Waals surface area contributed by atoms with Crippen molar-refractivity contribution in [1.29, 1.82) is 0 Å². The van der Waals surface area contributed by atoms with Gasteiger partial charge in [-0.25, -0.2) is 5.26 Å². The third kappa shape index (κ3) is 4.68. The Morgan fingerprint density at radius 1 is 1.60 bits per heavy atom. The maximum atomic E-state index is 10.3. The molecule has 0 aliphatic heterocycles. The van der Waals surface area contributed by atoms with Crippen LogP contribution in [0.2, 0.25) is 0 Å². The van der Waals surface area contributed by atoms with Crippen LogP contribution in [0.1, 0.15) is 19.8 Å². The van der Waals surface area contributed by atoms with Crippen LogP contribution in [0.4, 0.5) is 0 Å². The summed E-state index contributed by atoms with van der Waals surface area (Å²) in [6.07, 6.45) is 1.61. The second kappa shape index (κ2) is 4.62. The van der Waals surface area contributed by atoms with Crippen molar-refractivity contribution < 1.29 is 18.0 Å². The first-order valence-electron chi connectivity index (χ1n) is 2.95. The van der Waals surface area contributed by atoms with Crippen LogP contribution in [0, 0.1) is 0 Å². The van der Waals surface area contributed by atoms with Crippen LogP contribution in [-0.2, 0) is 14.6 Å². The van der Waals surface area contributed by atoms with Gasteiger partial charge in [-0.1, -0.05) is 17.7 Å². The van der Waals surface area contributed by atoms with Gasteiger partial charge >= 0.3 is 10.3 Å². The first-order chi connectivity index (χ1) is 4.62. The molecule has 0 aromatic heterocycles. The van der Waals surface area contributed by atoms with Gasteiger partial charge in [0.05, 0.1) is 0 Å². The van der Waals surface area contributed by atoms with Crippen molar-refractivity contribution in [3.05, 3.63) is 0 Å². The summed E-state index contributed by atoms with van der Waals surface area (Å²) in [4.78, 5) is 0. The van der Waals surface area contributed by atoms with E-state index in [1.165, 1.54) is 0 Å². The highest BCUT2D eigenvalue weighted by atomic mass is 32.2. The minimum atomic E-state index is -3.89. The summed E-state index contributed by atoms with van der Waals surface area (Å²) in [7, 11) is -3.89. The van der Waals surface area contributed by atoms with E-state index in [1.807, 2.05) is 11.6 Å². The third-order valence-corrected chi connectivity index (χ3v) is 1.66. The Morgan fingerprint density at radius 2 is 2.20 bits per heavy atom. The van der Waals surface area contributed by atoms with Crippen molar-refractivity contribution >= 4 is 10.3 Å². The minimum Gasteiger partial charge on any atom is -0.234 e. The summed E-state index contributed by atoms with van der Waals surface area (Å²) in [6.45, 7) is 2.22. The molecule has 0 radical (unpaired) electrons. The SMILES string of the molecule is CCCCNS(=O)(=O)OO. The fourth-order valence-corrected chi connectivity index (χ4v) is 0.847. The average Bonchev–Trinajstić information content (AvgIpc) is 1.89. The molecule has 0 aliphatic carbocycles. The fraction of sp³-hybridized carbons (Fsp3) is 1.00. The lowest BCUT2D eigenvalue weighted by atomic mass is 10.3. The van der Waals surface area contributed by atoms with Crippen molar-refractivity contribution in [3.8, 4) is 0 Å². The molecule has 6 heteroatoms. The smallest absolute Gasteiger partial charge is 0.234 e. The second-order valence-corrected chi connectivity index (χ2v) is 3.12. The van der Waals surface area contributed by atoms with E-state index < -0.39 is 10.3 Å². The van der Waals surface area contributed by atoms with Crippen LogP contribution in [0.25, 0.3) is 0 Å². The van der Waals surface area contributed by atoms with Crippen molar-refractivity contribution in [2.45, 2.75) is 19.8 Å². The highest BCUT2D eigenvalue weighted by Gasteiger charge is 2.06. The maximum Gasteiger partial charge on any atom is 0.362 e. The van der Waals surface area contributed by atoms with Gasteiger partial charge < -0.3 is 0 Å². The molecule has 10 heavy (non-hydrogen) atoms. The third-order valence-electron chi connectivity index (χ3n) is 0.907. The predicted octanol–water partition coefficient (Wildman–Crippen LogP) is 0.111. The molecular formula is C4H11NO4S. The van der Waals surface area contributed by atoms with Gasteiger partial charge in [-0.05, 0) is 6.42 Å². The maximum absolute atomic E-state index is 10.3. The molecule has 0 amide bonds. The standard InChI is InChI=1S/C4H11NO4S/c1-2-3-4-5-10(7,8)9-6/h5-6H,2-4H2,1H3. The van der Waals surface area contributed by atoms with Gasteiger partial charge in [0, 0.05) is 6.54 Å². The molecule has 0 unspecified atom stereocenters. The highest BCUT2D eigenvalue weighted by Crippen LogP contribution is 1.86. The number of nitrogens with one attached hydrogen (secondary N) is 1. The summed E-state index contributed by atoms with van der Waals surface area (Å²) in [6, 6.07) is 0. The van der Waals surface area contributed by atoms with E-state index in [1.54, 1.807) is 0 Å². The lowest BCUT2D eigenvalue weighted by molar-refractivity contribution is -0.132. The van der Waals surface area contributed by atoms with E-state index in [-0.39, 0.29) is 0 Å². The topological polar surface area (TPSA) is 75.6 Å². The van der Waals surface area contributed by atoms with Crippen LogP contribution in [0.5, 0.6) is 0 Å². The minimum absolute atomic E-state index is 0.291. The van der Waals surface area contributed by atoms with Crippen LogP contribution < -0.4 is 4.72 Å². The molecule has 0 saturated carbocycles. The second-order valence-electron chi connectivity index (χ2n) is 1.78.